The molecule has 2 rings (SSSR count). The SMILES string of the molecule is COCCc1ccccc1NC(=O)c1cnccc1N. The molecule has 20 heavy (non-hydrogen) atoms. The molecule has 0 fully saturated rings. The predicted octanol–water partition coefficient (Wildman–Crippen LogP) is 2.10. The van der Waals surface area contributed by atoms with E-state index in [1.54, 1.807) is 19.4 Å². The average molecular weight is 271 g/mol. The van der Waals surface area contributed by atoms with Gasteiger partial charge in [-0.15, -0.1) is 0 Å². The van der Waals surface area contributed by atoms with Gasteiger partial charge in [-0.05, 0) is 24.1 Å². The minimum atomic E-state index is -0.263. The third-order valence-electron chi connectivity index (χ3n) is 2.94. The van der Waals surface area contributed by atoms with E-state index in [1.165, 1.54) is 6.20 Å². The number of rotatable bonds is 5. The van der Waals surface area contributed by atoms with Crippen LogP contribution in [0, 0.1) is 0 Å². The fourth-order valence-corrected chi connectivity index (χ4v) is 1.86. The largest absolute Gasteiger partial charge is 0.398 e. The Morgan fingerprint density at radius 3 is 2.90 bits per heavy atom. The van der Waals surface area contributed by atoms with Crippen LogP contribution in [0.4, 0.5) is 11.4 Å². The van der Waals surface area contributed by atoms with Crippen molar-refractivity contribution in [1.29, 1.82) is 0 Å². The summed E-state index contributed by atoms with van der Waals surface area (Å²) < 4.78 is 5.07. The van der Waals surface area contributed by atoms with Crippen LogP contribution in [0.15, 0.2) is 42.7 Å². The van der Waals surface area contributed by atoms with Crippen molar-refractivity contribution in [3.05, 3.63) is 53.9 Å². The van der Waals surface area contributed by atoms with Gasteiger partial charge in [-0.25, -0.2) is 0 Å². The standard InChI is InChI=1S/C15H17N3O2/c1-20-9-7-11-4-2-3-5-14(11)18-15(19)12-10-17-8-6-13(12)16/h2-6,8,10H,7,9H2,1H3,(H2,16,17)(H,18,19). The molecule has 0 saturated carbocycles. The van der Waals surface area contributed by atoms with E-state index in [-0.39, 0.29) is 5.91 Å². The average Bonchev–Trinajstić information content (AvgIpc) is 2.46. The van der Waals surface area contributed by atoms with Gasteiger partial charge >= 0.3 is 0 Å². The van der Waals surface area contributed by atoms with E-state index in [0.29, 0.717) is 17.9 Å². The zero-order valence-electron chi connectivity index (χ0n) is 11.3. The molecule has 1 amide bonds. The zero-order chi connectivity index (χ0) is 14.4. The smallest absolute Gasteiger partial charge is 0.259 e. The molecule has 1 heterocycles. The predicted molar refractivity (Wildman–Crippen MR) is 78.6 cm³/mol. The number of nitrogens with zero attached hydrogens (tertiary/aromatic N) is 1. The molecule has 0 unspecified atom stereocenters. The Morgan fingerprint density at radius 1 is 1.35 bits per heavy atom. The number of amides is 1. The number of carbonyl (C=O) groups excluding carboxylic acids is 1. The maximum Gasteiger partial charge on any atom is 0.259 e. The van der Waals surface area contributed by atoms with Gasteiger partial charge in [0, 0.05) is 30.9 Å². The normalized spacial score (nSPS) is 10.2. The molecule has 104 valence electrons. The van der Waals surface area contributed by atoms with Crippen LogP contribution >= 0.6 is 0 Å². The van der Waals surface area contributed by atoms with Crippen molar-refractivity contribution in [3.63, 3.8) is 0 Å². The van der Waals surface area contributed by atoms with Crippen molar-refractivity contribution < 1.29 is 9.53 Å². The molecule has 0 atom stereocenters. The molecule has 3 N–H and O–H groups in total. The first-order chi connectivity index (χ1) is 9.72. The molecular weight excluding hydrogens is 254 g/mol. The van der Waals surface area contributed by atoms with Gasteiger partial charge in [0.2, 0.25) is 0 Å². The lowest BCUT2D eigenvalue weighted by Crippen LogP contribution is -2.15. The Hall–Kier alpha value is -2.40. The molecule has 1 aromatic heterocycles. The molecule has 0 spiro atoms. The van der Waals surface area contributed by atoms with E-state index in [4.69, 9.17) is 10.5 Å². The van der Waals surface area contributed by atoms with Crippen molar-refractivity contribution in [1.82, 2.24) is 4.98 Å². The summed E-state index contributed by atoms with van der Waals surface area (Å²) in [5.74, 6) is -0.263. The van der Waals surface area contributed by atoms with Crippen LogP contribution in [0.2, 0.25) is 0 Å². The number of hydrogen-bond acceptors (Lipinski definition) is 4. The molecule has 0 aliphatic carbocycles. The van der Waals surface area contributed by atoms with E-state index >= 15 is 0 Å². The van der Waals surface area contributed by atoms with E-state index < -0.39 is 0 Å². The lowest BCUT2D eigenvalue weighted by atomic mass is 10.1. The van der Waals surface area contributed by atoms with Gasteiger partial charge in [-0.3, -0.25) is 9.78 Å². The van der Waals surface area contributed by atoms with E-state index in [0.717, 1.165) is 17.7 Å². The third-order valence-corrected chi connectivity index (χ3v) is 2.94. The monoisotopic (exact) mass is 271 g/mol. The molecule has 5 nitrogen and oxygen atoms in total. The molecule has 2 aromatic rings. The maximum atomic E-state index is 12.2. The van der Waals surface area contributed by atoms with Crippen LogP contribution in [0.1, 0.15) is 15.9 Å². The number of carbonyl (C=O) groups is 1. The number of aromatic nitrogens is 1. The number of para-hydroxylation sites is 1. The molecule has 0 bridgehead atoms. The highest BCUT2D eigenvalue weighted by Gasteiger charge is 2.11. The number of benzene rings is 1. The first-order valence-electron chi connectivity index (χ1n) is 6.30. The first-order valence-corrected chi connectivity index (χ1v) is 6.30. The number of nitrogens with two attached hydrogens (primary N) is 1. The first kappa shape index (κ1) is 14.0. The van der Waals surface area contributed by atoms with Gasteiger partial charge in [0.05, 0.1) is 12.2 Å². The maximum absolute atomic E-state index is 12.2. The highest BCUT2D eigenvalue weighted by Crippen LogP contribution is 2.18. The van der Waals surface area contributed by atoms with Crippen molar-refractivity contribution >= 4 is 17.3 Å². The topological polar surface area (TPSA) is 77.2 Å². The van der Waals surface area contributed by atoms with Gasteiger partial charge in [0.15, 0.2) is 0 Å². The summed E-state index contributed by atoms with van der Waals surface area (Å²) in [6.45, 7) is 0.599. The number of nitrogens with one attached hydrogen (secondary N) is 1. The molecule has 1 aromatic carbocycles. The van der Waals surface area contributed by atoms with E-state index in [2.05, 4.69) is 10.3 Å². The summed E-state index contributed by atoms with van der Waals surface area (Å²) in [5, 5.41) is 2.86. The number of methoxy groups -OCH3 is 1. The zero-order valence-corrected chi connectivity index (χ0v) is 11.3. The molecule has 0 radical (unpaired) electrons. The summed E-state index contributed by atoms with van der Waals surface area (Å²) in [7, 11) is 1.65. The minimum Gasteiger partial charge on any atom is -0.398 e. The lowest BCUT2D eigenvalue weighted by molar-refractivity contribution is 0.102. The second kappa shape index (κ2) is 6.68. The van der Waals surface area contributed by atoms with Crippen LogP contribution in [0.5, 0.6) is 0 Å². The van der Waals surface area contributed by atoms with Crippen LogP contribution in [-0.2, 0) is 11.2 Å². The van der Waals surface area contributed by atoms with Gasteiger partial charge in [-0.2, -0.15) is 0 Å². The van der Waals surface area contributed by atoms with Crippen LogP contribution < -0.4 is 11.1 Å². The number of ether oxygens (including phenoxy) is 1. The number of nitrogen functional groups attached to an aromatic ring is 1. The highest BCUT2D eigenvalue weighted by atomic mass is 16.5. The minimum absolute atomic E-state index is 0.263. The third kappa shape index (κ3) is 3.33. The highest BCUT2D eigenvalue weighted by molar-refractivity contribution is 6.07. The Bertz CT molecular complexity index is 599. The van der Waals surface area contributed by atoms with E-state index in [9.17, 15) is 4.79 Å². The lowest BCUT2D eigenvalue weighted by Gasteiger charge is -2.11. The Morgan fingerprint density at radius 2 is 2.15 bits per heavy atom. The Balaban J connectivity index is 2.18. The van der Waals surface area contributed by atoms with Crippen molar-refractivity contribution in [3.8, 4) is 0 Å². The van der Waals surface area contributed by atoms with Crippen LogP contribution in [0.3, 0.4) is 0 Å². The molecule has 0 saturated heterocycles. The molecule has 0 aliphatic heterocycles. The fraction of sp³-hybridized carbons (Fsp3) is 0.200. The second-order valence-corrected chi connectivity index (χ2v) is 4.32. The van der Waals surface area contributed by atoms with Gasteiger partial charge in [0.1, 0.15) is 0 Å². The summed E-state index contributed by atoms with van der Waals surface area (Å²) in [6, 6.07) is 9.22. The van der Waals surface area contributed by atoms with Gasteiger partial charge in [0.25, 0.3) is 5.91 Å². The van der Waals surface area contributed by atoms with Crippen LogP contribution in [-0.4, -0.2) is 24.6 Å². The summed E-state index contributed by atoms with van der Waals surface area (Å²) in [4.78, 5) is 16.1. The number of anilines is 2. The molecule has 0 aliphatic rings. The Kier molecular flexibility index (Phi) is 4.68. The second-order valence-electron chi connectivity index (χ2n) is 4.32. The van der Waals surface area contributed by atoms with Crippen LogP contribution in [0.25, 0.3) is 0 Å². The molecular formula is C15H17N3O2. The van der Waals surface area contributed by atoms with Crippen molar-refractivity contribution in [2.45, 2.75) is 6.42 Å². The van der Waals surface area contributed by atoms with E-state index in [1.807, 2.05) is 24.3 Å². The Labute approximate surface area is 117 Å². The number of pyridine rings is 1. The molecule has 5 heteroatoms. The summed E-state index contributed by atoms with van der Waals surface area (Å²) >= 11 is 0. The van der Waals surface area contributed by atoms with Gasteiger partial charge < -0.3 is 15.8 Å². The summed E-state index contributed by atoms with van der Waals surface area (Å²) in [6.07, 6.45) is 3.75. The quantitative estimate of drug-likeness (QED) is 0.873. The summed E-state index contributed by atoms with van der Waals surface area (Å²) in [5.41, 5.74) is 8.33. The fourth-order valence-electron chi connectivity index (χ4n) is 1.86. The number of hydrogen-bond donors (Lipinski definition) is 2. The van der Waals surface area contributed by atoms with Crippen molar-refractivity contribution in [2.75, 3.05) is 24.8 Å². The van der Waals surface area contributed by atoms with Crippen molar-refractivity contribution in [2.24, 2.45) is 0 Å². The van der Waals surface area contributed by atoms with Gasteiger partial charge in [-0.1, -0.05) is 18.2 Å².